The van der Waals surface area contributed by atoms with Gasteiger partial charge in [-0.3, -0.25) is 0 Å². The lowest BCUT2D eigenvalue weighted by atomic mass is 9.95. The minimum Gasteiger partial charge on any atom is -0.353 e. The minimum absolute atomic E-state index is 0.409. The highest BCUT2D eigenvalue weighted by Crippen LogP contribution is 2.29. The summed E-state index contributed by atoms with van der Waals surface area (Å²) in [6, 6.07) is 4.72. The van der Waals surface area contributed by atoms with Gasteiger partial charge in [-0.25, -0.2) is 4.99 Å². The molecule has 1 aromatic carbocycles. The Morgan fingerprint density at radius 2 is 1.56 bits per heavy atom. The van der Waals surface area contributed by atoms with E-state index in [1.165, 1.54) is 64.2 Å². The summed E-state index contributed by atoms with van der Waals surface area (Å²) >= 11 is 12.7. The predicted octanol–water partition coefficient (Wildman–Crippen LogP) is 6.32. The van der Waals surface area contributed by atoms with E-state index in [0.29, 0.717) is 17.1 Å². The number of anilines is 1. The van der Waals surface area contributed by atoms with Crippen molar-refractivity contribution in [2.45, 2.75) is 83.2 Å². The highest BCUT2D eigenvalue weighted by molar-refractivity contribution is 6.36. The second-order valence-electron chi connectivity index (χ2n) is 7.46. The van der Waals surface area contributed by atoms with Crippen molar-refractivity contribution in [1.82, 2.24) is 5.32 Å². The van der Waals surface area contributed by atoms with E-state index in [4.69, 9.17) is 28.2 Å². The molecular weight excluding hydrogens is 353 g/mol. The maximum Gasteiger partial charge on any atom is 0.196 e. The van der Waals surface area contributed by atoms with Gasteiger partial charge < -0.3 is 10.6 Å². The van der Waals surface area contributed by atoms with Crippen LogP contribution in [0.2, 0.25) is 10.0 Å². The summed E-state index contributed by atoms with van der Waals surface area (Å²) in [6.45, 7) is 1.97. The number of hydrogen-bond acceptors (Lipinski definition) is 1. The number of nitrogens with zero attached hydrogens (tertiary/aromatic N) is 1. The van der Waals surface area contributed by atoms with Crippen molar-refractivity contribution in [3.63, 3.8) is 0 Å². The van der Waals surface area contributed by atoms with Crippen molar-refractivity contribution in [2.24, 2.45) is 4.99 Å². The van der Waals surface area contributed by atoms with Gasteiger partial charge in [0, 0.05) is 11.1 Å². The zero-order chi connectivity index (χ0) is 17.6. The van der Waals surface area contributed by atoms with Gasteiger partial charge in [0.1, 0.15) is 0 Å². The van der Waals surface area contributed by atoms with E-state index in [1.807, 2.05) is 19.1 Å². The van der Waals surface area contributed by atoms with Crippen LogP contribution in [0.1, 0.15) is 69.8 Å². The molecular formula is C20H29Cl2N3. The van der Waals surface area contributed by atoms with Crippen LogP contribution in [0.25, 0.3) is 0 Å². The second kappa shape index (κ2) is 9.14. The van der Waals surface area contributed by atoms with Gasteiger partial charge in [0.15, 0.2) is 5.96 Å². The van der Waals surface area contributed by atoms with E-state index in [9.17, 15) is 0 Å². The largest absolute Gasteiger partial charge is 0.353 e. The summed E-state index contributed by atoms with van der Waals surface area (Å²) in [6.07, 6.45) is 12.6. The molecule has 25 heavy (non-hydrogen) atoms. The molecule has 2 aliphatic rings. The van der Waals surface area contributed by atoms with Crippen molar-refractivity contribution in [2.75, 3.05) is 5.32 Å². The Balaban J connectivity index is 1.77. The molecule has 138 valence electrons. The van der Waals surface area contributed by atoms with Crippen molar-refractivity contribution in [3.05, 3.63) is 27.7 Å². The maximum atomic E-state index is 6.43. The molecule has 5 heteroatoms. The van der Waals surface area contributed by atoms with E-state index in [0.717, 1.165) is 22.2 Å². The summed E-state index contributed by atoms with van der Waals surface area (Å²) in [5.74, 6) is 0.862. The van der Waals surface area contributed by atoms with Crippen molar-refractivity contribution in [3.8, 4) is 0 Å². The van der Waals surface area contributed by atoms with Crippen LogP contribution in [-0.4, -0.2) is 18.0 Å². The average Bonchev–Trinajstić information content (AvgIpc) is 2.61. The van der Waals surface area contributed by atoms with Gasteiger partial charge in [0.25, 0.3) is 0 Å². The topological polar surface area (TPSA) is 36.4 Å². The normalized spacial score (nSPS) is 20.5. The molecule has 0 heterocycles. The van der Waals surface area contributed by atoms with Crippen LogP contribution in [-0.2, 0) is 0 Å². The Morgan fingerprint density at radius 1 is 0.920 bits per heavy atom. The van der Waals surface area contributed by atoms with Crippen LogP contribution in [0, 0.1) is 6.92 Å². The van der Waals surface area contributed by atoms with Gasteiger partial charge in [-0.1, -0.05) is 61.7 Å². The van der Waals surface area contributed by atoms with Crippen LogP contribution < -0.4 is 10.6 Å². The van der Waals surface area contributed by atoms with Gasteiger partial charge in [-0.2, -0.15) is 0 Å². The van der Waals surface area contributed by atoms with Gasteiger partial charge in [0.2, 0.25) is 0 Å². The number of hydrogen-bond donors (Lipinski definition) is 2. The molecule has 3 nitrogen and oxygen atoms in total. The molecule has 3 rings (SSSR count). The molecule has 1 aromatic rings. The second-order valence-corrected chi connectivity index (χ2v) is 8.27. The Labute approximate surface area is 161 Å². The van der Waals surface area contributed by atoms with E-state index < -0.39 is 0 Å². The van der Waals surface area contributed by atoms with Crippen molar-refractivity contribution < 1.29 is 0 Å². The molecule has 0 spiro atoms. The van der Waals surface area contributed by atoms with Gasteiger partial charge in [0.05, 0.1) is 16.8 Å². The third-order valence-corrected chi connectivity index (χ3v) is 6.05. The molecule has 2 N–H and O–H groups in total. The smallest absolute Gasteiger partial charge is 0.196 e. The molecule has 0 amide bonds. The Hall–Kier alpha value is -0.930. The summed E-state index contributed by atoms with van der Waals surface area (Å²) in [7, 11) is 0. The Kier molecular flexibility index (Phi) is 6.89. The van der Waals surface area contributed by atoms with Crippen molar-refractivity contribution >= 4 is 34.8 Å². The fourth-order valence-electron chi connectivity index (χ4n) is 3.81. The van der Waals surface area contributed by atoms with Crippen LogP contribution in [0.4, 0.5) is 5.69 Å². The number of aryl methyl sites for hydroxylation is 1. The first kappa shape index (κ1) is 18.8. The monoisotopic (exact) mass is 381 g/mol. The predicted molar refractivity (Wildman–Crippen MR) is 109 cm³/mol. The molecule has 2 aliphatic carbocycles. The summed E-state index contributed by atoms with van der Waals surface area (Å²) in [5.41, 5.74) is 1.82. The summed E-state index contributed by atoms with van der Waals surface area (Å²) in [5, 5.41) is 8.49. The zero-order valence-electron chi connectivity index (χ0n) is 15.1. The quantitative estimate of drug-likeness (QED) is 0.474. The lowest BCUT2D eigenvalue weighted by Gasteiger charge is -2.27. The molecule has 0 bridgehead atoms. The number of nitrogens with one attached hydrogen (secondary N) is 2. The Bertz CT molecular complexity index is 603. The first-order chi connectivity index (χ1) is 12.1. The maximum absolute atomic E-state index is 6.43. The number of benzene rings is 1. The lowest BCUT2D eigenvalue weighted by molar-refractivity contribution is 0.408. The molecule has 0 unspecified atom stereocenters. The number of aliphatic imine (C=N–C) groups is 1. The van der Waals surface area contributed by atoms with Crippen molar-refractivity contribution in [1.29, 1.82) is 0 Å². The van der Waals surface area contributed by atoms with E-state index in [-0.39, 0.29) is 0 Å². The van der Waals surface area contributed by atoms with Crippen LogP contribution in [0.3, 0.4) is 0 Å². The number of rotatable bonds is 3. The van der Waals surface area contributed by atoms with E-state index in [1.54, 1.807) is 0 Å². The minimum atomic E-state index is 0.409. The fourth-order valence-corrected chi connectivity index (χ4v) is 4.24. The fraction of sp³-hybridized carbons (Fsp3) is 0.650. The van der Waals surface area contributed by atoms with Crippen LogP contribution in [0.5, 0.6) is 0 Å². The first-order valence-electron chi connectivity index (χ1n) is 9.69. The average molecular weight is 382 g/mol. The van der Waals surface area contributed by atoms with Gasteiger partial charge >= 0.3 is 0 Å². The summed E-state index contributed by atoms with van der Waals surface area (Å²) < 4.78 is 0. The highest BCUT2D eigenvalue weighted by Gasteiger charge is 2.18. The number of halogens is 2. The van der Waals surface area contributed by atoms with Gasteiger partial charge in [-0.15, -0.1) is 0 Å². The molecule has 0 atom stereocenters. The highest BCUT2D eigenvalue weighted by atomic mass is 35.5. The molecule has 2 fully saturated rings. The first-order valence-corrected chi connectivity index (χ1v) is 10.4. The molecule has 2 saturated carbocycles. The van der Waals surface area contributed by atoms with Crippen LogP contribution in [0.15, 0.2) is 17.1 Å². The molecule has 0 saturated heterocycles. The molecule has 0 radical (unpaired) electrons. The molecule has 0 aromatic heterocycles. The van der Waals surface area contributed by atoms with E-state index >= 15 is 0 Å². The lowest BCUT2D eigenvalue weighted by Crippen LogP contribution is -2.41. The SMILES string of the molecule is Cc1cc(Cl)c(NC(=NC2CCCCC2)NC2CCCCC2)cc1Cl. The number of guanidine groups is 1. The van der Waals surface area contributed by atoms with Crippen LogP contribution >= 0.6 is 23.2 Å². The third-order valence-electron chi connectivity index (χ3n) is 5.33. The zero-order valence-corrected chi connectivity index (χ0v) is 16.6. The molecule has 0 aliphatic heterocycles. The Morgan fingerprint density at radius 3 is 2.24 bits per heavy atom. The summed E-state index contributed by atoms with van der Waals surface area (Å²) in [4.78, 5) is 5.01. The third kappa shape index (κ3) is 5.52. The van der Waals surface area contributed by atoms with E-state index in [2.05, 4.69) is 10.6 Å². The standard InChI is InChI=1S/C20H29Cl2N3/c1-14-12-18(22)19(13-17(14)21)25-20(23-15-8-4-2-5-9-15)24-16-10-6-3-7-11-16/h12-13,15-16H,2-11H2,1H3,(H2,23,24,25). The van der Waals surface area contributed by atoms with Gasteiger partial charge in [-0.05, 0) is 50.3 Å².